The summed E-state index contributed by atoms with van der Waals surface area (Å²) in [5.74, 6) is 0.673. The van der Waals surface area contributed by atoms with E-state index in [1.54, 1.807) is 19.1 Å². The maximum absolute atomic E-state index is 13.5. The van der Waals surface area contributed by atoms with Gasteiger partial charge in [0.15, 0.2) is 0 Å². The number of thioether (sulfide) groups is 1. The molecule has 0 saturated carbocycles. The Hall–Kier alpha value is -0.540. The quantitative estimate of drug-likeness (QED) is 0.611. The molecule has 0 aliphatic carbocycles. The molecule has 0 aromatic heterocycles. The molecule has 0 unspecified atom stereocenters. The smallest absolute Gasteiger partial charge is 0.137 e. The van der Waals surface area contributed by atoms with E-state index in [1.807, 2.05) is 0 Å². The van der Waals surface area contributed by atoms with E-state index in [9.17, 15) is 9.50 Å². The highest BCUT2D eigenvalue weighted by Gasteiger charge is 2.12. The van der Waals surface area contributed by atoms with Gasteiger partial charge in [-0.05, 0) is 30.7 Å². The lowest BCUT2D eigenvalue weighted by Gasteiger charge is -2.12. The first kappa shape index (κ1) is 12.5. The van der Waals surface area contributed by atoms with Gasteiger partial charge in [-0.25, -0.2) is 4.39 Å². The fourth-order valence-electron chi connectivity index (χ4n) is 1.33. The summed E-state index contributed by atoms with van der Waals surface area (Å²) in [4.78, 5) is 0.598. The predicted molar refractivity (Wildman–Crippen MR) is 62.7 cm³/mol. The van der Waals surface area contributed by atoms with Gasteiger partial charge in [-0.1, -0.05) is 25.5 Å². The van der Waals surface area contributed by atoms with Crippen LogP contribution in [0.5, 0.6) is 0 Å². The van der Waals surface area contributed by atoms with Crippen molar-refractivity contribution in [2.45, 2.75) is 37.7 Å². The van der Waals surface area contributed by atoms with E-state index in [2.05, 4.69) is 6.92 Å². The van der Waals surface area contributed by atoms with Gasteiger partial charge < -0.3 is 5.11 Å². The van der Waals surface area contributed by atoms with Crippen molar-refractivity contribution in [3.63, 3.8) is 0 Å². The van der Waals surface area contributed by atoms with Crippen LogP contribution in [0.4, 0.5) is 4.39 Å². The third-order valence-electron chi connectivity index (χ3n) is 2.19. The summed E-state index contributed by atoms with van der Waals surface area (Å²) in [6, 6.07) is 4.86. The zero-order valence-electron chi connectivity index (χ0n) is 9.16. The Balaban J connectivity index is 2.82. The molecule has 0 bridgehead atoms. The van der Waals surface area contributed by atoms with Gasteiger partial charge >= 0.3 is 0 Å². The molecular formula is C12H17FOS. The number of halogens is 1. The van der Waals surface area contributed by atoms with Crippen LogP contribution in [0.3, 0.4) is 0 Å². The maximum Gasteiger partial charge on any atom is 0.137 e. The van der Waals surface area contributed by atoms with E-state index in [4.69, 9.17) is 0 Å². The van der Waals surface area contributed by atoms with Crippen molar-refractivity contribution in [2.24, 2.45) is 0 Å². The van der Waals surface area contributed by atoms with Crippen LogP contribution in [-0.4, -0.2) is 10.9 Å². The van der Waals surface area contributed by atoms with Gasteiger partial charge in [0.2, 0.25) is 0 Å². The molecule has 15 heavy (non-hydrogen) atoms. The molecule has 0 aliphatic heterocycles. The Bertz CT molecular complexity index is 312. The molecule has 0 aliphatic rings. The Labute approximate surface area is 94.7 Å². The maximum atomic E-state index is 13.5. The van der Waals surface area contributed by atoms with Crippen LogP contribution in [-0.2, 0) is 0 Å². The lowest BCUT2D eigenvalue weighted by atomic mass is 10.1. The molecule has 0 radical (unpaired) electrons. The third-order valence-corrected chi connectivity index (χ3v) is 3.40. The van der Waals surface area contributed by atoms with Crippen LogP contribution < -0.4 is 0 Å². The van der Waals surface area contributed by atoms with Crippen molar-refractivity contribution in [2.75, 3.05) is 5.75 Å². The summed E-state index contributed by atoms with van der Waals surface area (Å²) in [7, 11) is 0. The van der Waals surface area contributed by atoms with Crippen LogP contribution >= 0.6 is 11.8 Å². The highest BCUT2D eigenvalue weighted by molar-refractivity contribution is 7.99. The minimum Gasteiger partial charge on any atom is -0.389 e. The molecule has 84 valence electrons. The summed E-state index contributed by atoms with van der Waals surface area (Å²) in [6.45, 7) is 3.77. The lowest BCUT2D eigenvalue weighted by molar-refractivity contribution is 0.195. The standard InChI is InChI=1S/C12H17FOS/c1-3-4-8-15-12-10(9(2)14)6-5-7-11(12)13/h5-7,9,14H,3-4,8H2,1-2H3/t9-/m0/s1. The summed E-state index contributed by atoms with van der Waals surface area (Å²) in [5, 5.41) is 9.51. The van der Waals surface area contributed by atoms with Gasteiger partial charge in [-0.3, -0.25) is 0 Å². The van der Waals surface area contributed by atoms with Crippen LogP contribution in [0.1, 0.15) is 38.4 Å². The molecule has 1 aromatic carbocycles. The minimum atomic E-state index is -0.607. The van der Waals surface area contributed by atoms with E-state index in [1.165, 1.54) is 17.8 Å². The number of aliphatic hydroxyl groups excluding tert-OH is 1. The van der Waals surface area contributed by atoms with Crippen LogP contribution in [0.2, 0.25) is 0 Å². The number of rotatable bonds is 5. The molecule has 0 spiro atoms. The fourth-order valence-corrected chi connectivity index (χ4v) is 2.57. The summed E-state index contributed by atoms with van der Waals surface area (Å²) in [6.07, 6.45) is 1.56. The zero-order chi connectivity index (χ0) is 11.3. The Kier molecular flexibility index (Phi) is 5.12. The Morgan fingerprint density at radius 2 is 2.20 bits per heavy atom. The largest absolute Gasteiger partial charge is 0.389 e. The molecule has 1 aromatic rings. The summed E-state index contributed by atoms with van der Waals surface area (Å²) < 4.78 is 13.5. The van der Waals surface area contributed by atoms with E-state index >= 15 is 0 Å². The Morgan fingerprint density at radius 1 is 1.47 bits per heavy atom. The van der Waals surface area contributed by atoms with Gasteiger partial charge in [0.1, 0.15) is 5.82 Å². The first-order valence-electron chi connectivity index (χ1n) is 5.26. The van der Waals surface area contributed by atoms with Crippen molar-refractivity contribution >= 4 is 11.8 Å². The average Bonchev–Trinajstić information content (AvgIpc) is 2.20. The molecule has 3 heteroatoms. The van der Waals surface area contributed by atoms with Gasteiger partial charge in [-0.2, -0.15) is 0 Å². The minimum absolute atomic E-state index is 0.227. The SMILES string of the molecule is CCCCSc1c(F)cccc1[C@H](C)O. The molecule has 0 fully saturated rings. The second kappa shape index (κ2) is 6.13. The lowest BCUT2D eigenvalue weighted by Crippen LogP contribution is -1.97. The van der Waals surface area contributed by atoms with Gasteiger partial charge in [0, 0.05) is 4.90 Å². The summed E-state index contributed by atoms with van der Waals surface area (Å²) >= 11 is 1.49. The van der Waals surface area contributed by atoms with Crippen molar-refractivity contribution in [1.82, 2.24) is 0 Å². The monoisotopic (exact) mass is 228 g/mol. The van der Waals surface area contributed by atoms with E-state index in [0.717, 1.165) is 18.6 Å². The molecule has 1 N–H and O–H groups in total. The first-order valence-corrected chi connectivity index (χ1v) is 6.24. The highest BCUT2D eigenvalue weighted by Crippen LogP contribution is 2.30. The fraction of sp³-hybridized carbons (Fsp3) is 0.500. The van der Waals surface area contributed by atoms with Gasteiger partial charge in [0.05, 0.1) is 6.10 Å². The molecule has 0 saturated heterocycles. The van der Waals surface area contributed by atoms with Crippen molar-refractivity contribution in [3.8, 4) is 0 Å². The van der Waals surface area contributed by atoms with Crippen molar-refractivity contribution < 1.29 is 9.50 Å². The number of aliphatic hydroxyl groups is 1. The molecule has 1 nitrogen and oxygen atoms in total. The van der Waals surface area contributed by atoms with Gasteiger partial charge in [-0.15, -0.1) is 11.8 Å². The number of benzene rings is 1. The molecule has 1 rings (SSSR count). The molecule has 1 atom stereocenters. The van der Waals surface area contributed by atoms with Crippen molar-refractivity contribution in [3.05, 3.63) is 29.6 Å². The molecular weight excluding hydrogens is 211 g/mol. The average molecular weight is 228 g/mol. The van der Waals surface area contributed by atoms with E-state index < -0.39 is 6.10 Å². The zero-order valence-corrected chi connectivity index (χ0v) is 9.98. The predicted octanol–water partition coefficient (Wildman–Crippen LogP) is 3.77. The summed E-state index contributed by atoms with van der Waals surface area (Å²) in [5.41, 5.74) is 0.691. The van der Waals surface area contributed by atoms with Crippen molar-refractivity contribution in [1.29, 1.82) is 0 Å². The van der Waals surface area contributed by atoms with Gasteiger partial charge in [0.25, 0.3) is 0 Å². The second-order valence-corrected chi connectivity index (χ2v) is 4.64. The van der Waals surface area contributed by atoms with Crippen LogP contribution in [0.25, 0.3) is 0 Å². The second-order valence-electron chi connectivity index (χ2n) is 3.54. The van der Waals surface area contributed by atoms with Crippen LogP contribution in [0.15, 0.2) is 23.1 Å². The number of hydrogen-bond donors (Lipinski definition) is 1. The number of unbranched alkanes of at least 4 members (excludes halogenated alkanes) is 1. The van der Waals surface area contributed by atoms with E-state index in [0.29, 0.717) is 10.5 Å². The molecule has 0 amide bonds. The highest BCUT2D eigenvalue weighted by atomic mass is 32.2. The third kappa shape index (κ3) is 3.50. The van der Waals surface area contributed by atoms with E-state index in [-0.39, 0.29) is 5.82 Å². The molecule has 0 heterocycles. The normalized spacial score (nSPS) is 12.8. The number of hydrogen-bond acceptors (Lipinski definition) is 2. The Morgan fingerprint density at radius 3 is 2.80 bits per heavy atom. The topological polar surface area (TPSA) is 20.2 Å². The first-order chi connectivity index (χ1) is 7.16. The van der Waals surface area contributed by atoms with Crippen LogP contribution in [0, 0.1) is 5.82 Å².